The van der Waals surface area contributed by atoms with E-state index >= 15 is 0 Å². The van der Waals surface area contributed by atoms with Crippen LogP contribution in [0.15, 0.2) is 28.7 Å². The van der Waals surface area contributed by atoms with Crippen molar-refractivity contribution in [3.8, 4) is 0 Å². The summed E-state index contributed by atoms with van der Waals surface area (Å²) in [7, 11) is 0. The highest BCUT2D eigenvalue weighted by Gasteiger charge is 2.15. The van der Waals surface area contributed by atoms with Gasteiger partial charge in [-0.1, -0.05) is 35.0 Å². The number of rotatable bonds is 6. The Morgan fingerprint density at radius 1 is 1.53 bits per heavy atom. The molecule has 0 heterocycles. The van der Waals surface area contributed by atoms with Crippen LogP contribution in [-0.2, 0) is 4.79 Å². The molecule has 0 bridgehead atoms. The molecule has 0 aliphatic rings. The molecule has 0 aliphatic carbocycles. The van der Waals surface area contributed by atoms with Gasteiger partial charge in [0, 0.05) is 17.1 Å². The summed E-state index contributed by atoms with van der Waals surface area (Å²) in [6.45, 7) is 5.59. The number of halogens is 1. The lowest BCUT2D eigenvalue weighted by Crippen LogP contribution is -2.29. The minimum absolute atomic E-state index is 0.187. The van der Waals surface area contributed by atoms with Crippen molar-refractivity contribution in [2.45, 2.75) is 26.3 Å². The first-order valence-corrected chi connectivity index (χ1v) is 6.55. The number of benzene rings is 1. The van der Waals surface area contributed by atoms with Crippen LogP contribution >= 0.6 is 15.9 Å². The first kappa shape index (κ1) is 14.2. The summed E-state index contributed by atoms with van der Waals surface area (Å²) >= 11 is 3.45. The fourth-order valence-electron chi connectivity index (χ4n) is 1.84. The molecule has 94 valence electrons. The Balaban J connectivity index is 2.71. The fraction of sp³-hybridized carbons (Fsp3) is 0.462. The minimum Gasteiger partial charge on any atom is -0.481 e. The SMILES string of the molecule is CCN(CCC(=O)O)C(C)c1cccc(Br)c1. The third kappa shape index (κ3) is 4.48. The predicted molar refractivity (Wildman–Crippen MR) is 72.1 cm³/mol. The van der Waals surface area contributed by atoms with Gasteiger partial charge in [0.25, 0.3) is 0 Å². The average Bonchev–Trinajstić information content (AvgIpc) is 2.29. The third-order valence-corrected chi connectivity index (χ3v) is 3.39. The Kier molecular flexibility index (Phi) is 5.65. The van der Waals surface area contributed by atoms with Gasteiger partial charge in [-0.25, -0.2) is 0 Å². The normalized spacial score (nSPS) is 12.7. The van der Waals surface area contributed by atoms with E-state index in [0.717, 1.165) is 11.0 Å². The fourth-order valence-corrected chi connectivity index (χ4v) is 2.26. The van der Waals surface area contributed by atoms with E-state index in [9.17, 15) is 4.79 Å². The molecule has 0 saturated carbocycles. The predicted octanol–water partition coefficient (Wildman–Crippen LogP) is 3.31. The van der Waals surface area contributed by atoms with Gasteiger partial charge in [0.15, 0.2) is 0 Å². The number of hydrogen-bond donors (Lipinski definition) is 1. The van der Waals surface area contributed by atoms with E-state index in [-0.39, 0.29) is 12.5 Å². The van der Waals surface area contributed by atoms with Crippen molar-refractivity contribution in [1.82, 2.24) is 4.90 Å². The number of hydrogen-bond acceptors (Lipinski definition) is 2. The summed E-state index contributed by atoms with van der Waals surface area (Å²) in [6.07, 6.45) is 0.187. The molecule has 0 amide bonds. The molecule has 1 N–H and O–H groups in total. The van der Waals surface area contributed by atoms with Crippen LogP contribution in [0, 0.1) is 0 Å². The zero-order chi connectivity index (χ0) is 12.8. The molecule has 0 fully saturated rings. The second-order valence-electron chi connectivity index (χ2n) is 4.00. The quantitative estimate of drug-likeness (QED) is 0.876. The van der Waals surface area contributed by atoms with Gasteiger partial charge in [-0.3, -0.25) is 9.69 Å². The highest BCUT2D eigenvalue weighted by molar-refractivity contribution is 9.10. The summed E-state index contributed by atoms with van der Waals surface area (Å²) in [6, 6.07) is 8.37. The van der Waals surface area contributed by atoms with Crippen LogP contribution in [0.1, 0.15) is 31.9 Å². The van der Waals surface area contributed by atoms with Crippen LogP contribution in [0.5, 0.6) is 0 Å². The molecular formula is C13H18BrNO2. The van der Waals surface area contributed by atoms with E-state index in [4.69, 9.17) is 5.11 Å². The van der Waals surface area contributed by atoms with Crippen molar-refractivity contribution >= 4 is 21.9 Å². The van der Waals surface area contributed by atoms with Gasteiger partial charge in [0.2, 0.25) is 0 Å². The number of carbonyl (C=O) groups is 1. The smallest absolute Gasteiger partial charge is 0.304 e. The van der Waals surface area contributed by atoms with E-state index in [0.29, 0.717) is 6.54 Å². The number of carboxylic acid groups (broad SMARTS) is 1. The average molecular weight is 300 g/mol. The van der Waals surface area contributed by atoms with Crippen LogP contribution in [0.25, 0.3) is 0 Å². The Morgan fingerprint density at radius 3 is 2.76 bits per heavy atom. The zero-order valence-electron chi connectivity index (χ0n) is 10.2. The van der Waals surface area contributed by atoms with Gasteiger partial charge in [0.1, 0.15) is 0 Å². The maximum absolute atomic E-state index is 10.6. The molecule has 0 aromatic heterocycles. The molecule has 0 radical (unpaired) electrons. The summed E-state index contributed by atoms with van der Waals surface area (Å²) in [5, 5.41) is 8.72. The van der Waals surface area contributed by atoms with Gasteiger partial charge in [-0.15, -0.1) is 0 Å². The highest BCUT2D eigenvalue weighted by Crippen LogP contribution is 2.23. The van der Waals surface area contributed by atoms with Gasteiger partial charge in [0.05, 0.1) is 6.42 Å². The highest BCUT2D eigenvalue weighted by atomic mass is 79.9. The van der Waals surface area contributed by atoms with Crippen LogP contribution in [0.4, 0.5) is 0 Å². The summed E-state index contributed by atoms with van der Waals surface area (Å²) < 4.78 is 1.05. The van der Waals surface area contributed by atoms with Gasteiger partial charge >= 0.3 is 5.97 Å². The summed E-state index contributed by atoms with van der Waals surface area (Å²) in [5.41, 5.74) is 1.20. The number of aliphatic carboxylic acids is 1. The van der Waals surface area contributed by atoms with Gasteiger partial charge in [-0.2, -0.15) is 0 Å². The molecule has 1 atom stereocenters. The lowest BCUT2D eigenvalue weighted by atomic mass is 10.1. The van der Waals surface area contributed by atoms with E-state index < -0.39 is 5.97 Å². The maximum Gasteiger partial charge on any atom is 0.304 e. The Hall–Kier alpha value is -0.870. The molecule has 3 nitrogen and oxygen atoms in total. The Morgan fingerprint density at radius 2 is 2.24 bits per heavy atom. The van der Waals surface area contributed by atoms with Crippen LogP contribution < -0.4 is 0 Å². The van der Waals surface area contributed by atoms with Crippen molar-refractivity contribution in [2.75, 3.05) is 13.1 Å². The Labute approximate surface area is 111 Å². The van der Waals surface area contributed by atoms with Crippen molar-refractivity contribution in [2.24, 2.45) is 0 Å². The monoisotopic (exact) mass is 299 g/mol. The van der Waals surface area contributed by atoms with E-state index in [1.54, 1.807) is 0 Å². The second-order valence-corrected chi connectivity index (χ2v) is 4.92. The molecule has 1 aromatic carbocycles. The standard InChI is InChI=1S/C13H18BrNO2/c1-3-15(8-7-13(16)17)10(2)11-5-4-6-12(14)9-11/h4-6,9-10H,3,7-8H2,1-2H3,(H,16,17). The van der Waals surface area contributed by atoms with Crippen molar-refractivity contribution in [3.05, 3.63) is 34.3 Å². The molecule has 0 aliphatic heterocycles. The molecule has 0 saturated heterocycles. The summed E-state index contributed by atoms with van der Waals surface area (Å²) in [4.78, 5) is 12.8. The van der Waals surface area contributed by atoms with E-state index in [2.05, 4.69) is 46.8 Å². The molecule has 1 unspecified atom stereocenters. The summed E-state index contributed by atoms with van der Waals surface area (Å²) in [5.74, 6) is -0.745. The van der Waals surface area contributed by atoms with Gasteiger partial charge < -0.3 is 5.11 Å². The zero-order valence-corrected chi connectivity index (χ0v) is 11.8. The van der Waals surface area contributed by atoms with Crippen molar-refractivity contribution < 1.29 is 9.90 Å². The first-order valence-electron chi connectivity index (χ1n) is 5.76. The molecule has 1 rings (SSSR count). The lowest BCUT2D eigenvalue weighted by molar-refractivity contribution is -0.137. The van der Waals surface area contributed by atoms with Crippen LogP contribution in [0.2, 0.25) is 0 Å². The van der Waals surface area contributed by atoms with Crippen LogP contribution in [0.3, 0.4) is 0 Å². The van der Waals surface area contributed by atoms with E-state index in [1.165, 1.54) is 5.56 Å². The maximum atomic E-state index is 10.6. The largest absolute Gasteiger partial charge is 0.481 e. The van der Waals surface area contributed by atoms with Crippen molar-refractivity contribution in [1.29, 1.82) is 0 Å². The Bertz CT molecular complexity index is 381. The molecule has 4 heteroatoms. The lowest BCUT2D eigenvalue weighted by Gasteiger charge is -2.27. The van der Waals surface area contributed by atoms with Gasteiger partial charge in [-0.05, 0) is 31.2 Å². The molecular weight excluding hydrogens is 282 g/mol. The third-order valence-electron chi connectivity index (χ3n) is 2.90. The minimum atomic E-state index is -0.745. The second kappa shape index (κ2) is 6.77. The molecule has 1 aromatic rings. The molecule has 17 heavy (non-hydrogen) atoms. The van der Waals surface area contributed by atoms with E-state index in [1.807, 2.05) is 12.1 Å². The number of carboxylic acids is 1. The first-order chi connectivity index (χ1) is 8.04. The number of nitrogens with zero attached hydrogens (tertiary/aromatic N) is 1. The van der Waals surface area contributed by atoms with Crippen LogP contribution in [-0.4, -0.2) is 29.1 Å². The van der Waals surface area contributed by atoms with Crippen molar-refractivity contribution in [3.63, 3.8) is 0 Å². The molecule has 0 spiro atoms. The topological polar surface area (TPSA) is 40.5 Å².